The summed E-state index contributed by atoms with van der Waals surface area (Å²) in [5, 5.41) is 8.99. The van der Waals surface area contributed by atoms with Crippen LogP contribution >= 0.6 is 0 Å². The van der Waals surface area contributed by atoms with E-state index >= 15 is 0 Å². The van der Waals surface area contributed by atoms with Crippen molar-refractivity contribution in [2.24, 2.45) is 0 Å². The number of nitrogens with zero attached hydrogens (tertiary/aromatic N) is 3. The number of benzene rings is 1. The molecular weight excluding hydrogens is 290 g/mol. The lowest BCUT2D eigenvalue weighted by atomic mass is 10.1. The zero-order valence-electron chi connectivity index (χ0n) is 13.4. The predicted molar refractivity (Wildman–Crippen MR) is 86.6 cm³/mol. The number of morpholine rings is 1. The Morgan fingerprint density at radius 3 is 2.87 bits per heavy atom. The number of hydrogen-bond donors (Lipinski definition) is 0. The van der Waals surface area contributed by atoms with Gasteiger partial charge in [-0.25, -0.2) is 0 Å². The summed E-state index contributed by atoms with van der Waals surface area (Å²) >= 11 is 0. The lowest BCUT2D eigenvalue weighted by Crippen LogP contribution is -2.51. The van der Waals surface area contributed by atoms with Crippen LogP contribution in [0.3, 0.4) is 0 Å². The van der Waals surface area contributed by atoms with E-state index in [0.717, 1.165) is 44.6 Å². The van der Waals surface area contributed by atoms with Crippen LogP contribution in [0, 0.1) is 11.3 Å². The van der Waals surface area contributed by atoms with Crippen molar-refractivity contribution in [1.82, 2.24) is 9.80 Å². The van der Waals surface area contributed by atoms with E-state index < -0.39 is 0 Å². The minimum absolute atomic E-state index is 0.139. The van der Waals surface area contributed by atoms with Crippen molar-refractivity contribution < 1.29 is 9.53 Å². The number of carbonyl (C=O) groups is 1. The van der Waals surface area contributed by atoms with E-state index in [-0.39, 0.29) is 12.0 Å². The summed E-state index contributed by atoms with van der Waals surface area (Å²) in [7, 11) is 0. The van der Waals surface area contributed by atoms with Gasteiger partial charge in [-0.1, -0.05) is 12.1 Å². The minimum atomic E-state index is -0.346. The summed E-state index contributed by atoms with van der Waals surface area (Å²) < 4.78 is 5.72. The maximum absolute atomic E-state index is 12.6. The molecule has 5 heteroatoms. The Morgan fingerprint density at radius 1 is 1.26 bits per heavy atom. The Kier molecular flexibility index (Phi) is 5.27. The Hall–Kier alpha value is -1.90. The first-order valence-electron chi connectivity index (χ1n) is 8.38. The third-order valence-corrected chi connectivity index (χ3v) is 4.56. The summed E-state index contributed by atoms with van der Waals surface area (Å²) in [5.74, 6) is 0.139. The Bertz CT molecular complexity index is 590. The maximum Gasteiger partial charge on any atom is 0.253 e. The smallest absolute Gasteiger partial charge is 0.253 e. The van der Waals surface area contributed by atoms with Crippen LogP contribution in [0.1, 0.15) is 30.4 Å². The molecule has 122 valence electrons. The van der Waals surface area contributed by atoms with Crippen molar-refractivity contribution in [3.8, 4) is 6.07 Å². The van der Waals surface area contributed by atoms with Gasteiger partial charge >= 0.3 is 0 Å². The third kappa shape index (κ3) is 4.10. The molecule has 0 aromatic heterocycles. The highest BCUT2D eigenvalue weighted by Crippen LogP contribution is 2.16. The number of nitriles is 1. The van der Waals surface area contributed by atoms with Gasteiger partial charge in [-0.15, -0.1) is 0 Å². The van der Waals surface area contributed by atoms with E-state index in [9.17, 15) is 4.79 Å². The molecule has 0 radical (unpaired) electrons. The molecule has 2 aliphatic heterocycles. The number of ether oxygens (including phenoxy) is 1. The zero-order chi connectivity index (χ0) is 16.1. The highest BCUT2D eigenvalue weighted by molar-refractivity contribution is 5.81. The van der Waals surface area contributed by atoms with Gasteiger partial charge in [0.05, 0.1) is 18.2 Å². The molecular formula is C18H23N3O2. The van der Waals surface area contributed by atoms with Crippen LogP contribution in [0.15, 0.2) is 24.3 Å². The van der Waals surface area contributed by atoms with Crippen molar-refractivity contribution in [2.75, 3.05) is 32.8 Å². The molecule has 0 aliphatic carbocycles. The van der Waals surface area contributed by atoms with Crippen molar-refractivity contribution in [2.45, 2.75) is 31.9 Å². The van der Waals surface area contributed by atoms with Gasteiger partial charge in [-0.3, -0.25) is 9.69 Å². The van der Waals surface area contributed by atoms with Crippen LogP contribution in [0.2, 0.25) is 0 Å². The monoisotopic (exact) mass is 313 g/mol. The van der Waals surface area contributed by atoms with Crippen LogP contribution in [0.4, 0.5) is 0 Å². The number of carbonyl (C=O) groups excluding carboxylic acids is 1. The average molecular weight is 313 g/mol. The summed E-state index contributed by atoms with van der Waals surface area (Å²) in [6, 6.07) is 9.83. The van der Waals surface area contributed by atoms with Crippen molar-refractivity contribution in [3.63, 3.8) is 0 Å². The van der Waals surface area contributed by atoms with E-state index in [1.54, 1.807) is 0 Å². The Labute approximate surface area is 137 Å². The highest BCUT2D eigenvalue weighted by atomic mass is 16.5. The Balaban J connectivity index is 1.59. The van der Waals surface area contributed by atoms with Crippen molar-refractivity contribution in [3.05, 3.63) is 35.4 Å². The molecule has 0 spiro atoms. The van der Waals surface area contributed by atoms with Crippen LogP contribution < -0.4 is 0 Å². The van der Waals surface area contributed by atoms with Crippen LogP contribution in [0.25, 0.3) is 0 Å². The molecule has 1 aromatic carbocycles. The molecule has 0 saturated carbocycles. The fraction of sp³-hybridized carbons (Fsp3) is 0.556. The lowest BCUT2D eigenvalue weighted by molar-refractivity contribution is -0.150. The fourth-order valence-electron chi connectivity index (χ4n) is 3.31. The second-order valence-corrected chi connectivity index (χ2v) is 6.29. The highest BCUT2D eigenvalue weighted by Gasteiger charge is 2.30. The minimum Gasteiger partial charge on any atom is -0.366 e. The van der Waals surface area contributed by atoms with E-state index in [1.165, 1.54) is 6.42 Å². The molecule has 0 bridgehead atoms. The first kappa shape index (κ1) is 16.0. The second-order valence-electron chi connectivity index (χ2n) is 6.29. The number of piperidine rings is 1. The van der Waals surface area contributed by atoms with E-state index in [2.05, 4.69) is 11.0 Å². The molecule has 1 atom stereocenters. The maximum atomic E-state index is 12.6. The number of rotatable bonds is 3. The molecule has 2 fully saturated rings. The van der Waals surface area contributed by atoms with Crippen LogP contribution in [-0.2, 0) is 16.1 Å². The molecule has 3 rings (SSSR count). The first-order valence-corrected chi connectivity index (χ1v) is 8.38. The first-order chi connectivity index (χ1) is 11.3. The van der Waals surface area contributed by atoms with Gasteiger partial charge in [0.25, 0.3) is 5.91 Å². The predicted octanol–water partition coefficient (Wildman–Crippen LogP) is 1.77. The van der Waals surface area contributed by atoms with Gasteiger partial charge in [-0.05, 0) is 37.0 Å². The van der Waals surface area contributed by atoms with Gasteiger partial charge in [0.15, 0.2) is 0 Å². The van der Waals surface area contributed by atoms with Gasteiger partial charge in [0, 0.05) is 32.7 Å². The number of amides is 1. The molecule has 2 saturated heterocycles. The largest absolute Gasteiger partial charge is 0.366 e. The summed E-state index contributed by atoms with van der Waals surface area (Å²) in [6.07, 6.45) is 3.07. The van der Waals surface area contributed by atoms with E-state index in [0.29, 0.717) is 18.7 Å². The molecule has 1 unspecified atom stereocenters. The molecule has 2 aliphatic rings. The van der Waals surface area contributed by atoms with E-state index in [4.69, 9.17) is 10.00 Å². The SMILES string of the molecule is N#Cc1cccc(CN2CCOC(C(=O)N3CCCCC3)C2)c1. The van der Waals surface area contributed by atoms with Crippen molar-refractivity contribution in [1.29, 1.82) is 5.26 Å². The molecule has 1 aromatic rings. The second kappa shape index (κ2) is 7.58. The van der Waals surface area contributed by atoms with Gasteiger partial charge in [0.1, 0.15) is 6.10 Å². The summed E-state index contributed by atoms with van der Waals surface area (Å²) in [6.45, 7) is 4.52. The lowest BCUT2D eigenvalue weighted by Gasteiger charge is -2.36. The van der Waals surface area contributed by atoms with Crippen LogP contribution in [0.5, 0.6) is 0 Å². The quantitative estimate of drug-likeness (QED) is 0.853. The standard InChI is InChI=1S/C18H23N3O2/c19-12-15-5-4-6-16(11-15)13-20-9-10-23-17(14-20)18(22)21-7-2-1-3-8-21/h4-6,11,17H,1-3,7-10,13-14H2. The zero-order valence-corrected chi connectivity index (χ0v) is 13.4. The number of hydrogen-bond acceptors (Lipinski definition) is 4. The topological polar surface area (TPSA) is 56.6 Å². The normalized spacial score (nSPS) is 22.6. The third-order valence-electron chi connectivity index (χ3n) is 4.56. The molecule has 1 amide bonds. The van der Waals surface area contributed by atoms with Gasteiger partial charge in [0.2, 0.25) is 0 Å². The molecule has 5 nitrogen and oxygen atoms in total. The summed E-state index contributed by atoms with van der Waals surface area (Å²) in [5.41, 5.74) is 1.78. The van der Waals surface area contributed by atoms with Gasteiger partial charge < -0.3 is 9.64 Å². The summed E-state index contributed by atoms with van der Waals surface area (Å²) in [4.78, 5) is 16.8. The molecule has 2 heterocycles. The fourth-order valence-corrected chi connectivity index (χ4v) is 3.31. The Morgan fingerprint density at radius 2 is 2.09 bits per heavy atom. The van der Waals surface area contributed by atoms with Crippen molar-refractivity contribution >= 4 is 5.91 Å². The van der Waals surface area contributed by atoms with Gasteiger partial charge in [-0.2, -0.15) is 5.26 Å². The van der Waals surface area contributed by atoms with Crippen LogP contribution in [-0.4, -0.2) is 54.6 Å². The number of likely N-dealkylation sites (tertiary alicyclic amines) is 1. The molecule has 23 heavy (non-hydrogen) atoms. The average Bonchev–Trinajstić information content (AvgIpc) is 2.62. The molecule has 0 N–H and O–H groups in total. The van der Waals surface area contributed by atoms with E-state index in [1.807, 2.05) is 29.2 Å².